The minimum absolute atomic E-state index is 0.267. The second-order valence-corrected chi connectivity index (χ2v) is 5.47. The third kappa shape index (κ3) is 0.986. The van der Waals surface area contributed by atoms with Gasteiger partial charge in [0.15, 0.2) is 0 Å². The molecule has 0 saturated carbocycles. The average molecular weight is 218 g/mol. The minimum atomic E-state index is 0.267. The summed E-state index contributed by atoms with van der Waals surface area (Å²) in [6.07, 6.45) is 0. The predicted octanol–water partition coefficient (Wildman–Crippen LogP) is 4.63. The van der Waals surface area contributed by atoms with E-state index >= 15 is 0 Å². The number of hydrogen-bond donors (Lipinski definition) is 0. The fourth-order valence-electron chi connectivity index (χ4n) is 3.28. The van der Waals surface area contributed by atoms with Crippen LogP contribution >= 0.6 is 0 Å². The monoisotopic (exact) mass is 218 g/mol. The largest absolute Gasteiger partial charge is 0.0616 e. The van der Waals surface area contributed by atoms with Crippen molar-refractivity contribution in [3.8, 4) is 0 Å². The molecule has 0 N–H and O–H groups in total. The number of fused-ring (bicyclic) bond motifs is 6. The molecule has 0 nitrogen and oxygen atoms in total. The summed E-state index contributed by atoms with van der Waals surface area (Å²) >= 11 is 0. The summed E-state index contributed by atoms with van der Waals surface area (Å²) in [6, 6.07) is 17.6. The van der Waals surface area contributed by atoms with Crippen LogP contribution in [0.1, 0.15) is 25.0 Å². The summed E-state index contributed by atoms with van der Waals surface area (Å²) in [7, 11) is 0. The van der Waals surface area contributed by atoms with Gasteiger partial charge in [-0.05, 0) is 32.7 Å². The highest BCUT2D eigenvalue weighted by molar-refractivity contribution is 6.15. The van der Waals surface area contributed by atoms with Crippen LogP contribution in [0.2, 0.25) is 0 Å². The van der Waals surface area contributed by atoms with Crippen LogP contribution in [0.5, 0.6) is 0 Å². The Morgan fingerprint density at radius 1 is 0.588 bits per heavy atom. The first kappa shape index (κ1) is 9.23. The van der Waals surface area contributed by atoms with Crippen molar-refractivity contribution in [1.82, 2.24) is 0 Å². The van der Waals surface area contributed by atoms with Crippen molar-refractivity contribution in [1.29, 1.82) is 0 Å². The van der Waals surface area contributed by atoms with E-state index in [0.717, 1.165) is 0 Å². The molecule has 0 aromatic heterocycles. The van der Waals surface area contributed by atoms with E-state index in [2.05, 4.69) is 62.4 Å². The highest BCUT2D eigenvalue weighted by Crippen LogP contribution is 2.56. The maximum atomic E-state index is 2.33. The number of benzene rings is 3. The first-order valence-corrected chi connectivity index (χ1v) is 6.15. The van der Waals surface area contributed by atoms with Gasteiger partial charge in [0, 0.05) is 5.41 Å². The molecule has 0 unspecified atom stereocenters. The second kappa shape index (κ2) is 2.70. The van der Waals surface area contributed by atoms with Gasteiger partial charge in [0.1, 0.15) is 0 Å². The highest BCUT2D eigenvalue weighted by atomic mass is 14.5. The average Bonchev–Trinajstić information content (AvgIpc) is 2.94. The zero-order valence-corrected chi connectivity index (χ0v) is 10.1. The molecule has 0 spiro atoms. The van der Waals surface area contributed by atoms with Gasteiger partial charge in [-0.15, -0.1) is 0 Å². The highest BCUT2D eigenvalue weighted by Gasteiger charge is 2.44. The van der Waals surface area contributed by atoms with Gasteiger partial charge in [-0.25, -0.2) is 0 Å². The molecule has 0 amide bonds. The van der Waals surface area contributed by atoms with E-state index in [1.54, 1.807) is 11.1 Å². The lowest BCUT2D eigenvalue weighted by atomic mass is 10.0. The van der Waals surface area contributed by atoms with Crippen molar-refractivity contribution in [2.24, 2.45) is 0 Å². The molecule has 0 fully saturated rings. The predicted molar refractivity (Wildman–Crippen MR) is 73.6 cm³/mol. The lowest BCUT2D eigenvalue weighted by molar-refractivity contribution is 0.800. The van der Waals surface area contributed by atoms with Gasteiger partial charge in [-0.1, -0.05) is 62.4 Å². The summed E-state index contributed by atoms with van der Waals surface area (Å²) in [6.45, 7) is 4.66. The Hall–Kier alpha value is -1.82. The van der Waals surface area contributed by atoms with Crippen LogP contribution in [0.3, 0.4) is 0 Å². The zero-order chi connectivity index (χ0) is 11.6. The molecule has 3 aromatic rings. The Balaban J connectivity index is 2.35. The van der Waals surface area contributed by atoms with Crippen molar-refractivity contribution < 1.29 is 0 Å². The molecule has 0 heterocycles. The van der Waals surface area contributed by atoms with Crippen LogP contribution in [-0.4, -0.2) is 0 Å². The summed E-state index contributed by atoms with van der Waals surface area (Å²) in [4.78, 5) is 0. The molecule has 1 aliphatic carbocycles. The van der Waals surface area contributed by atoms with Crippen molar-refractivity contribution in [2.75, 3.05) is 0 Å². The molecule has 17 heavy (non-hydrogen) atoms. The molecule has 82 valence electrons. The van der Waals surface area contributed by atoms with Crippen LogP contribution in [0.4, 0.5) is 0 Å². The Morgan fingerprint density at radius 2 is 0.941 bits per heavy atom. The van der Waals surface area contributed by atoms with Gasteiger partial charge >= 0.3 is 0 Å². The maximum Gasteiger partial charge on any atom is 0.0165 e. The number of rotatable bonds is 0. The molecular weight excluding hydrogens is 204 g/mol. The van der Waals surface area contributed by atoms with Gasteiger partial charge in [-0.2, -0.15) is 0 Å². The molecular formula is C17H14. The van der Waals surface area contributed by atoms with Crippen LogP contribution in [0.15, 0.2) is 48.5 Å². The molecule has 0 heteroatoms. The van der Waals surface area contributed by atoms with Gasteiger partial charge in [0.2, 0.25) is 0 Å². The molecule has 0 bridgehead atoms. The fourth-order valence-corrected chi connectivity index (χ4v) is 3.28. The summed E-state index contributed by atoms with van der Waals surface area (Å²) in [5, 5.41) is 5.66. The smallest absolute Gasteiger partial charge is 0.0165 e. The first-order chi connectivity index (χ1) is 8.21. The Morgan fingerprint density at radius 3 is 1.35 bits per heavy atom. The van der Waals surface area contributed by atoms with Crippen LogP contribution in [0.25, 0.3) is 21.5 Å². The molecule has 0 atom stereocenters. The first-order valence-electron chi connectivity index (χ1n) is 6.15. The van der Waals surface area contributed by atoms with E-state index in [4.69, 9.17) is 0 Å². The van der Waals surface area contributed by atoms with Crippen molar-refractivity contribution in [3.05, 3.63) is 59.7 Å². The topological polar surface area (TPSA) is 0 Å². The van der Waals surface area contributed by atoms with Gasteiger partial charge in [-0.3, -0.25) is 0 Å². The van der Waals surface area contributed by atoms with Crippen LogP contribution in [-0.2, 0) is 5.41 Å². The molecule has 0 radical (unpaired) electrons. The van der Waals surface area contributed by atoms with E-state index in [1.807, 2.05) is 0 Å². The lowest BCUT2D eigenvalue weighted by Gasteiger charge is -2.01. The summed E-state index contributed by atoms with van der Waals surface area (Å²) in [5.41, 5.74) is 3.36. The van der Waals surface area contributed by atoms with Crippen molar-refractivity contribution in [2.45, 2.75) is 19.3 Å². The quantitative estimate of drug-likeness (QED) is 0.482. The molecule has 3 aromatic carbocycles. The molecule has 1 aliphatic rings. The SMILES string of the molecule is CC1(C)c2c1c1ccccc1c1ccccc21. The van der Waals surface area contributed by atoms with Crippen molar-refractivity contribution in [3.63, 3.8) is 0 Å². The second-order valence-electron chi connectivity index (χ2n) is 5.47. The Bertz CT molecular complexity index is 699. The number of hydrogen-bond acceptors (Lipinski definition) is 0. The van der Waals surface area contributed by atoms with E-state index in [1.165, 1.54) is 21.5 Å². The standard InChI is InChI=1S/C17H14/c1-17(2)15-13-9-5-3-7-11(13)12-8-4-6-10-14(12)16(15)17/h3-10H,1-2H3. The van der Waals surface area contributed by atoms with E-state index in [-0.39, 0.29) is 5.41 Å². The third-order valence-corrected chi connectivity index (χ3v) is 4.12. The Labute approximate surface area is 101 Å². The Kier molecular flexibility index (Phi) is 1.47. The van der Waals surface area contributed by atoms with Gasteiger partial charge in [0.25, 0.3) is 0 Å². The van der Waals surface area contributed by atoms with E-state index < -0.39 is 0 Å². The van der Waals surface area contributed by atoms with Gasteiger partial charge < -0.3 is 0 Å². The normalized spacial score (nSPS) is 16.1. The van der Waals surface area contributed by atoms with Gasteiger partial charge in [0.05, 0.1) is 0 Å². The van der Waals surface area contributed by atoms with Crippen molar-refractivity contribution >= 4 is 21.5 Å². The molecule has 0 aliphatic heterocycles. The minimum Gasteiger partial charge on any atom is -0.0616 e. The molecule has 0 saturated heterocycles. The van der Waals surface area contributed by atoms with E-state index in [0.29, 0.717) is 0 Å². The summed E-state index contributed by atoms with van der Waals surface area (Å²) < 4.78 is 0. The zero-order valence-electron chi connectivity index (χ0n) is 10.1. The van der Waals surface area contributed by atoms with Crippen LogP contribution < -0.4 is 0 Å². The maximum absolute atomic E-state index is 2.33. The van der Waals surface area contributed by atoms with E-state index in [9.17, 15) is 0 Å². The summed E-state index contributed by atoms with van der Waals surface area (Å²) in [5.74, 6) is 0. The third-order valence-electron chi connectivity index (χ3n) is 4.12. The lowest BCUT2D eigenvalue weighted by Crippen LogP contribution is -1.90. The molecule has 4 rings (SSSR count). The van der Waals surface area contributed by atoms with Crippen LogP contribution in [0, 0.1) is 0 Å². The fraction of sp³-hybridized carbons (Fsp3) is 0.176.